The Balaban J connectivity index is 4.69. The fourth-order valence-corrected chi connectivity index (χ4v) is 1.67. The van der Waals surface area contributed by atoms with Crippen LogP contribution in [0.5, 0.6) is 0 Å². The van der Waals surface area contributed by atoms with E-state index in [1.54, 1.807) is 27.7 Å². The molecule has 0 fully saturated rings. The highest BCUT2D eigenvalue weighted by molar-refractivity contribution is 5.81. The Morgan fingerprint density at radius 1 is 1.09 bits per heavy atom. The van der Waals surface area contributed by atoms with Gasteiger partial charge in [-0.3, -0.25) is 4.79 Å². The molecule has 0 aliphatic rings. The zero-order valence-electron chi connectivity index (χ0n) is 15.2. The number of carbonyl (C=O) groups excluding carboxylic acids is 2. The van der Waals surface area contributed by atoms with Crippen LogP contribution in [0.2, 0.25) is 0 Å². The van der Waals surface area contributed by atoms with Gasteiger partial charge in [-0.2, -0.15) is 0 Å². The van der Waals surface area contributed by atoms with E-state index >= 15 is 0 Å². The summed E-state index contributed by atoms with van der Waals surface area (Å²) in [5.41, 5.74) is -1.13. The minimum absolute atomic E-state index is 0.125. The van der Waals surface area contributed by atoms with Gasteiger partial charge < -0.3 is 20.1 Å². The van der Waals surface area contributed by atoms with Crippen molar-refractivity contribution in [3.63, 3.8) is 0 Å². The molecule has 0 saturated heterocycles. The van der Waals surface area contributed by atoms with E-state index in [-0.39, 0.29) is 18.4 Å². The summed E-state index contributed by atoms with van der Waals surface area (Å²) in [6.45, 7) is 15.6. The van der Waals surface area contributed by atoms with E-state index in [2.05, 4.69) is 10.6 Å². The molecule has 0 spiro atoms. The first-order valence-electron chi connectivity index (χ1n) is 7.81. The van der Waals surface area contributed by atoms with Gasteiger partial charge in [0, 0.05) is 13.2 Å². The molecule has 0 aliphatic heterocycles. The molecule has 2 amide bonds. The van der Waals surface area contributed by atoms with Gasteiger partial charge >= 0.3 is 6.09 Å². The first-order chi connectivity index (χ1) is 9.91. The minimum Gasteiger partial charge on any atom is -0.444 e. The van der Waals surface area contributed by atoms with Crippen LogP contribution < -0.4 is 10.6 Å². The lowest BCUT2D eigenvalue weighted by Gasteiger charge is -2.36. The molecule has 0 heterocycles. The van der Waals surface area contributed by atoms with Crippen LogP contribution in [0.1, 0.15) is 55.4 Å². The van der Waals surface area contributed by atoms with E-state index in [1.807, 2.05) is 27.7 Å². The monoisotopic (exact) mass is 316 g/mol. The molecule has 130 valence electrons. The molecular formula is C16H32N2O4. The van der Waals surface area contributed by atoms with Crippen LogP contribution in [0.3, 0.4) is 0 Å². The van der Waals surface area contributed by atoms with E-state index in [0.29, 0.717) is 6.61 Å². The summed E-state index contributed by atoms with van der Waals surface area (Å²) in [5, 5.41) is 5.68. The number of hydrogen-bond acceptors (Lipinski definition) is 4. The molecule has 0 bridgehead atoms. The van der Waals surface area contributed by atoms with Crippen molar-refractivity contribution in [3.8, 4) is 0 Å². The van der Waals surface area contributed by atoms with Crippen molar-refractivity contribution in [2.75, 3.05) is 13.2 Å². The molecule has 0 unspecified atom stereocenters. The largest absolute Gasteiger partial charge is 0.444 e. The average molecular weight is 316 g/mol. The van der Waals surface area contributed by atoms with Crippen molar-refractivity contribution in [1.29, 1.82) is 0 Å². The summed E-state index contributed by atoms with van der Waals surface area (Å²) in [6, 6.07) is 0. The third kappa shape index (κ3) is 7.64. The number of carbonyl (C=O) groups is 2. The lowest BCUT2D eigenvalue weighted by Crippen LogP contribution is -2.59. The molecule has 0 saturated carbocycles. The molecule has 22 heavy (non-hydrogen) atoms. The second kappa shape index (κ2) is 8.36. The first kappa shape index (κ1) is 20.7. The zero-order valence-corrected chi connectivity index (χ0v) is 15.2. The Morgan fingerprint density at radius 3 is 2.05 bits per heavy atom. The maximum atomic E-state index is 12.1. The quantitative estimate of drug-likeness (QED) is 0.756. The second-order valence-electron chi connectivity index (χ2n) is 7.01. The van der Waals surface area contributed by atoms with Gasteiger partial charge in [-0.05, 0) is 47.5 Å². The Bertz CT molecular complexity index is 377. The lowest BCUT2D eigenvalue weighted by molar-refractivity contribution is -0.133. The van der Waals surface area contributed by atoms with Gasteiger partial charge in [0.05, 0.1) is 5.54 Å². The smallest absolute Gasteiger partial charge is 0.407 e. The third-order valence-corrected chi connectivity index (χ3v) is 3.47. The number of ether oxygens (including phenoxy) is 2. The summed E-state index contributed by atoms with van der Waals surface area (Å²) in [7, 11) is 0. The Kier molecular flexibility index (Phi) is 7.87. The predicted molar refractivity (Wildman–Crippen MR) is 86.7 cm³/mol. The second-order valence-corrected chi connectivity index (χ2v) is 7.01. The van der Waals surface area contributed by atoms with Gasteiger partial charge in [-0.1, -0.05) is 13.8 Å². The maximum Gasteiger partial charge on any atom is 0.407 e. The molecule has 0 radical (unpaired) electrons. The van der Waals surface area contributed by atoms with Crippen molar-refractivity contribution in [1.82, 2.24) is 10.6 Å². The van der Waals surface area contributed by atoms with Gasteiger partial charge in [0.2, 0.25) is 5.91 Å². The highest BCUT2D eigenvalue weighted by Crippen LogP contribution is 2.16. The minimum atomic E-state index is -0.584. The number of amides is 2. The van der Waals surface area contributed by atoms with E-state index in [4.69, 9.17) is 9.47 Å². The molecule has 0 aliphatic carbocycles. The Morgan fingerprint density at radius 2 is 1.64 bits per heavy atom. The summed E-state index contributed by atoms with van der Waals surface area (Å²) in [6.07, 6.45) is -1.02. The molecular weight excluding hydrogens is 284 g/mol. The highest BCUT2D eigenvalue weighted by Gasteiger charge is 2.32. The number of hydrogen-bond donors (Lipinski definition) is 2. The molecule has 6 heteroatoms. The highest BCUT2D eigenvalue weighted by atomic mass is 16.6. The maximum absolute atomic E-state index is 12.1. The van der Waals surface area contributed by atoms with Crippen LogP contribution in [-0.2, 0) is 14.3 Å². The molecule has 6 nitrogen and oxygen atoms in total. The van der Waals surface area contributed by atoms with Gasteiger partial charge in [0.15, 0.2) is 0 Å². The third-order valence-electron chi connectivity index (χ3n) is 3.47. The summed E-state index contributed by atoms with van der Waals surface area (Å²) < 4.78 is 10.5. The molecule has 0 aromatic heterocycles. The molecule has 0 aromatic carbocycles. The van der Waals surface area contributed by atoms with E-state index in [0.717, 1.165) is 0 Å². The Hall–Kier alpha value is -1.30. The van der Waals surface area contributed by atoms with Gasteiger partial charge in [-0.15, -0.1) is 0 Å². The van der Waals surface area contributed by atoms with Gasteiger partial charge in [-0.25, -0.2) is 4.79 Å². The van der Waals surface area contributed by atoms with Crippen LogP contribution in [0, 0.1) is 5.92 Å². The summed E-state index contributed by atoms with van der Waals surface area (Å²) in [4.78, 5) is 23.9. The molecule has 2 atom stereocenters. The fraction of sp³-hybridized carbons (Fsp3) is 0.875. The molecule has 2 N–H and O–H groups in total. The van der Waals surface area contributed by atoms with E-state index in [1.165, 1.54) is 0 Å². The van der Waals surface area contributed by atoms with Crippen LogP contribution in [0.25, 0.3) is 0 Å². The predicted octanol–water partition coefficient (Wildman–Crippen LogP) is 2.47. The average Bonchev–Trinajstić information content (AvgIpc) is 2.34. The standard InChI is InChI=1S/C16H32N2O4/c1-9-21-12(4)13(19)18-16(8,11(2)3)10-17-14(20)22-15(5,6)7/h11-12H,9-10H2,1-8H3,(H,17,20)(H,18,19)/t12-,16-/m1/s1. The molecule has 0 rings (SSSR count). The van der Waals surface area contributed by atoms with Crippen molar-refractivity contribution < 1.29 is 19.1 Å². The topological polar surface area (TPSA) is 76.7 Å². The van der Waals surface area contributed by atoms with Crippen molar-refractivity contribution in [2.45, 2.75) is 72.6 Å². The number of nitrogens with one attached hydrogen (secondary N) is 2. The normalized spacial score (nSPS) is 15.9. The van der Waals surface area contributed by atoms with Crippen molar-refractivity contribution in [3.05, 3.63) is 0 Å². The van der Waals surface area contributed by atoms with Crippen LogP contribution in [-0.4, -0.2) is 42.4 Å². The fourth-order valence-electron chi connectivity index (χ4n) is 1.67. The summed E-state index contributed by atoms with van der Waals surface area (Å²) >= 11 is 0. The number of rotatable bonds is 7. The van der Waals surface area contributed by atoms with Crippen molar-refractivity contribution in [2.24, 2.45) is 5.92 Å². The van der Waals surface area contributed by atoms with Gasteiger partial charge in [0.25, 0.3) is 0 Å². The zero-order chi connectivity index (χ0) is 17.6. The van der Waals surface area contributed by atoms with Crippen LogP contribution in [0.15, 0.2) is 0 Å². The number of alkyl carbamates (subject to hydrolysis) is 1. The Labute approximate surface area is 134 Å². The van der Waals surface area contributed by atoms with Crippen LogP contribution in [0.4, 0.5) is 4.79 Å². The first-order valence-corrected chi connectivity index (χ1v) is 7.81. The lowest BCUT2D eigenvalue weighted by atomic mass is 9.88. The van der Waals surface area contributed by atoms with Crippen molar-refractivity contribution >= 4 is 12.0 Å². The van der Waals surface area contributed by atoms with E-state index in [9.17, 15) is 9.59 Å². The van der Waals surface area contributed by atoms with Crippen LogP contribution >= 0.6 is 0 Å². The molecule has 0 aromatic rings. The van der Waals surface area contributed by atoms with E-state index < -0.39 is 23.3 Å². The summed E-state index contributed by atoms with van der Waals surface area (Å²) in [5.74, 6) is -0.0655. The SMILES string of the molecule is CCO[C@H](C)C(=O)N[C@](C)(CNC(=O)OC(C)(C)C)C(C)C. The van der Waals surface area contributed by atoms with Gasteiger partial charge in [0.1, 0.15) is 11.7 Å².